The molecule has 37 heavy (non-hydrogen) atoms. The molecule has 6 nitrogen and oxygen atoms in total. The van der Waals surface area contributed by atoms with Gasteiger partial charge in [0.25, 0.3) is 0 Å². The summed E-state index contributed by atoms with van der Waals surface area (Å²) in [5, 5.41) is 0. The lowest BCUT2D eigenvalue weighted by Crippen LogP contribution is -2.38. The van der Waals surface area contributed by atoms with E-state index in [1.165, 1.54) is 70.6 Å². The van der Waals surface area contributed by atoms with E-state index in [1.54, 1.807) is 0 Å². The van der Waals surface area contributed by atoms with E-state index in [9.17, 15) is 9.59 Å². The Bertz CT molecular complexity index is 562. The van der Waals surface area contributed by atoms with Crippen LogP contribution in [0.4, 0.5) is 9.59 Å². The number of unbranched alkanes of at least 4 members (excludes halogenated alkanes) is 11. The summed E-state index contributed by atoms with van der Waals surface area (Å²) < 4.78 is 21.5. The maximum atomic E-state index is 12.2. The minimum atomic E-state index is -0.659. The molecule has 1 fully saturated rings. The predicted molar refractivity (Wildman–Crippen MR) is 150 cm³/mol. The van der Waals surface area contributed by atoms with Gasteiger partial charge in [-0.1, -0.05) is 111 Å². The number of ether oxygens (including phenoxy) is 4. The molecule has 218 valence electrons. The van der Waals surface area contributed by atoms with Crippen molar-refractivity contribution in [3.05, 3.63) is 0 Å². The van der Waals surface area contributed by atoms with Crippen LogP contribution in [0.2, 0.25) is 0 Å². The molecule has 1 aliphatic rings. The number of carbonyl (C=O) groups is 2. The number of hydrogen-bond acceptors (Lipinski definition) is 6. The second kappa shape index (κ2) is 22.5. The van der Waals surface area contributed by atoms with Gasteiger partial charge in [-0.25, -0.2) is 9.59 Å². The fourth-order valence-corrected chi connectivity index (χ4v) is 4.86. The molecule has 1 aliphatic carbocycles. The van der Waals surface area contributed by atoms with Crippen LogP contribution >= 0.6 is 0 Å². The van der Waals surface area contributed by atoms with Gasteiger partial charge in [0, 0.05) is 0 Å². The zero-order valence-electron chi connectivity index (χ0n) is 24.6. The summed E-state index contributed by atoms with van der Waals surface area (Å²) in [6.45, 7) is 9.84. The SMILES string of the molecule is CC(C)CCCCCCCCCCOC(=O)OC1CCCCC1OC(=O)OCCCCCCCC(C)C. The van der Waals surface area contributed by atoms with Gasteiger partial charge < -0.3 is 18.9 Å². The second-order valence-corrected chi connectivity index (χ2v) is 11.8. The maximum Gasteiger partial charge on any atom is 0.508 e. The van der Waals surface area contributed by atoms with Crippen molar-refractivity contribution in [1.82, 2.24) is 0 Å². The van der Waals surface area contributed by atoms with Gasteiger partial charge in [-0.15, -0.1) is 0 Å². The molecule has 0 saturated heterocycles. The van der Waals surface area contributed by atoms with Gasteiger partial charge in [0.1, 0.15) is 12.2 Å². The number of carbonyl (C=O) groups excluding carboxylic acids is 2. The topological polar surface area (TPSA) is 71.1 Å². The Morgan fingerprint density at radius 3 is 1.22 bits per heavy atom. The lowest BCUT2D eigenvalue weighted by molar-refractivity contribution is -0.0713. The maximum absolute atomic E-state index is 12.2. The van der Waals surface area contributed by atoms with E-state index >= 15 is 0 Å². The molecule has 0 aromatic carbocycles. The van der Waals surface area contributed by atoms with Crippen LogP contribution < -0.4 is 0 Å². The van der Waals surface area contributed by atoms with E-state index < -0.39 is 24.5 Å². The zero-order valence-corrected chi connectivity index (χ0v) is 24.6. The molecule has 1 saturated carbocycles. The van der Waals surface area contributed by atoms with E-state index in [-0.39, 0.29) is 0 Å². The van der Waals surface area contributed by atoms with Gasteiger partial charge >= 0.3 is 12.3 Å². The van der Waals surface area contributed by atoms with E-state index in [1.807, 2.05) is 0 Å². The molecule has 0 spiro atoms. The molecular weight excluding hydrogens is 468 g/mol. The summed E-state index contributed by atoms with van der Waals surface area (Å²) in [7, 11) is 0. The van der Waals surface area contributed by atoms with E-state index in [4.69, 9.17) is 18.9 Å². The van der Waals surface area contributed by atoms with Gasteiger partial charge in [0.05, 0.1) is 13.2 Å². The summed E-state index contributed by atoms with van der Waals surface area (Å²) in [4.78, 5) is 24.3. The molecule has 0 amide bonds. The molecule has 2 atom stereocenters. The first-order chi connectivity index (χ1) is 17.9. The minimum absolute atomic E-state index is 0.376. The van der Waals surface area contributed by atoms with Crippen molar-refractivity contribution in [3.63, 3.8) is 0 Å². The number of rotatable bonds is 21. The summed E-state index contributed by atoms with van der Waals surface area (Å²) in [6, 6.07) is 0. The van der Waals surface area contributed by atoms with Crippen molar-refractivity contribution in [2.45, 2.75) is 162 Å². The molecule has 0 aromatic rings. The predicted octanol–water partition coefficient (Wildman–Crippen LogP) is 9.77. The van der Waals surface area contributed by atoms with Crippen LogP contribution in [0.15, 0.2) is 0 Å². The van der Waals surface area contributed by atoms with Crippen molar-refractivity contribution in [1.29, 1.82) is 0 Å². The highest BCUT2D eigenvalue weighted by Gasteiger charge is 2.32. The van der Waals surface area contributed by atoms with Crippen molar-refractivity contribution < 1.29 is 28.5 Å². The molecule has 2 unspecified atom stereocenters. The van der Waals surface area contributed by atoms with E-state index in [0.717, 1.165) is 50.4 Å². The van der Waals surface area contributed by atoms with E-state index in [2.05, 4.69) is 27.7 Å². The molecule has 1 rings (SSSR count). The molecule has 0 aliphatic heterocycles. The molecular formula is C31H58O6. The Hall–Kier alpha value is -1.46. The average molecular weight is 527 g/mol. The highest BCUT2D eigenvalue weighted by molar-refractivity contribution is 5.61. The molecule has 0 N–H and O–H groups in total. The monoisotopic (exact) mass is 526 g/mol. The van der Waals surface area contributed by atoms with Crippen molar-refractivity contribution >= 4 is 12.3 Å². The number of hydrogen-bond donors (Lipinski definition) is 0. The Balaban J connectivity index is 2.07. The highest BCUT2D eigenvalue weighted by Crippen LogP contribution is 2.25. The largest absolute Gasteiger partial charge is 0.508 e. The first-order valence-corrected chi connectivity index (χ1v) is 15.5. The van der Waals surface area contributed by atoms with Gasteiger partial charge in [-0.05, 0) is 50.4 Å². The fourth-order valence-electron chi connectivity index (χ4n) is 4.86. The second-order valence-electron chi connectivity index (χ2n) is 11.8. The van der Waals surface area contributed by atoms with Crippen molar-refractivity contribution in [3.8, 4) is 0 Å². The van der Waals surface area contributed by atoms with Crippen LogP contribution in [0.5, 0.6) is 0 Å². The fraction of sp³-hybridized carbons (Fsp3) is 0.935. The van der Waals surface area contributed by atoms with Crippen LogP contribution in [0, 0.1) is 11.8 Å². The average Bonchev–Trinajstić information content (AvgIpc) is 2.85. The van der Waals surface area contributed by atoms with Crippen molar-refractivity contribution in [2.75, 3.05) is 13.2 Å². The Morgan fingerprint density at radius 2 is 0.865 bits per heavy atom. The Morgan fingerprint density at radius 1 is 0.541 bits per heavy atom. The lowest BCUT2D eigenvalue weighted by atomic mass is 9.95. The molecule has 0 aromatic heterocycles. The summed E-state index contributed by atoms with van der Waals surface area (Å²) in [5.74, 6) is 1.58. The molecule has 0 radical (unpaired) electrons. The van der Waals surface area contributed by atoms with Gasteiger partial charge in [0.2, 0.25) is 0 Å². The van der Waals surface area contributed by atoms with Gasteiger partial charge in [-0.3, -0.25) is 0 Å². The van der Waals surface area contributed by atoms with E-state index in [0.29, 0.717) is 26.1 Å². The molecule has 0 heterocycles. The lowest BCUT2D eigenvalue weighted by Gasteiger charge is -2.29. The summed E-state index contributed by atoms with van der Waals surface area (Å²) >= 11 is 0. The third-order valence-corrected chi connectivity index (χ3v) is 7.18. The molecule has 0 bridgehead atoms. The third kappa shape index (κ3) is 20.2. The quantitative estimate of drug-likeness (QED) is 0.109. The van der Waals surface area contributed by atoms with Crippen LogP contribution in [0.3, 0.4) is 0 Å². The minimum Gasteiger partial charge on any atom is -0.434 e. The van der Waals surface area contributed by atoms with Crippen LogP contribution in [-0.2, 0) is 18.9 Å². The summed E-state index contributed by atoms with van der Waals surface area (Å²) in [5.41, 5.74) is 0. The first-order valence-electron chi connectivity index (χ1n) is 15.5. The Labute approximate surface area is 227 Å². The zero-order chi connectivity index (χ0) is 27.1. The van der Waals surface area contributed by atoms with Gasteiger partial charge in [-0.2, -0.15) is 0 Å². The van der Waals surface area contributed by atoms with Crippen LogP contribution in [0.25, 0.3) is 0 Å². The smallest absolute Gasteiger partial charge is 0.434 e. The first kappa shape index (κ1) is 33.6. The standard InChI is InChI=1S/C31H58O6/c1-26(2)20-14-10-7-5-6-8-12-18-24-34-30(32)36-28-22-16-17-23-29(28)37-31(33)35-25-19-13-9-11-15-21-27(3)4/h26-29H,5-25H2,1-4H3. The van der Waals surface area contributed by atoms with Crippen LogP contribution in [-0.4, -0.2) is 37.7 Å². The third-order valence-electron chi connectivity index (χ3n) is 7.18. The molecule has 6 heteroatoms. The normalized spacial score (nSPS) is 17.7. The van der Waals surface area contributed by atoms with Gasteiger partial charge in [0.15, 0.2) is 0 Å². The highest BCUT2D eigenvalue weighted by atomic mass is 16.8. The van der Waals surface area contributed by atoms with Crippen LogP contribution in [0.1, 0.15) is 150 Å². The van der Waals surface area contributed by atoms with Crippen molar-refractivity contribution in [2.24, 2.45) is 11.8 Å². The summed E-state index contributed by atoms with van der Waals surface area (Å²) in [6.07, 6.45) is 18.9. The Kier molecular flexibility index (Phi) is 20.4.